The molecule has 2 heterocycles. The van der Waals surface area contributed by atoms with Crippen LogP contribution in [0.15, 0.2) is 79.0 Å². The number of anilines is 1. The van der Waals surface area contributed by atoms with Crippen molar-refractivity contribution in [1.29, 1.82) is 0 Å². The van der Waals surface area contributed by atoms with Gasteiger partial charge in [-0.05, 0) is 59.7 Å². The Bertz CT molecular complexity index is 1400. The summed E-state index contributed by atoms with van der Waals surface area (Å²) in [5.74, 6) is 0.616. The van der Waals surface area contributed by atoms with Crippen LogP contribution < -0.4 is 14.8 Å². The molecule has 1 aromatic heterocycles. The van der Waals surface area contributed by atoms with E-state index in [1.165, 1.54) is 18.2 Å². The summed E-state index contributed by atoms with van der Waals surface area (Å²) < 4.78 is 26.7. The fraction of sp³-hybridized carbons (Fsp3) is 0.148. The van der Waals surface area contributed by atoms with Gasteiger partial charge < -0.3 is 24.3 Å². The highest BCUT2D eigenvalue weighted by molar-refractivity contribution is 6.31. The molecule has 0 saturated carbocycles. The summed E-state index contributed by atoms with van der Waals surface area (Å²) in [4.78, 5) is 15.5. The second kappa shape index (κ2) is 9.35. The first kappa shape index (κ1) is 22.8. The van der Waals surface area contributed by atoms with Crippen LogP contribution in [0.3, 0.4) is 0 Å². The van der Waals surface area contributed by atoms with Gasteiger partial charge in [0.05, 0.1) is 37.5 Å². The molecule has 3 aromatic carbocycles. The summed E-state index contributed by atoms with van der Waals surface area (Å²) in [6, 6.07) is 20.9. The van der Waals surface area contributed by atoms with Gasteiger partial charge in [-0.1, -0.05) is 35.9 Å². The molecule has 0 fully saturated rings. The Balaban J connectivity index is 1.64. The van der Waals surface area contributed by atoms with Crippen LogP contribution in [0.2, 0.25) is 5.02 Å². The van der Waals surface area contributed by atoms with Crippen LogP contribution >= 0.6 is 11.6 Å². The number of ether oxygens (including phenoxy) is 2. The Labute approximate surface area is 207 Å². The zero-order valence-corrected chi connectivity index (χ0v) is 19.9. The number of carbonyl (C=O) groups is 1. The molecule has 0 saturated heterocycles. The van der Waals surface area contributed by atoms with Gasteiger partial charge >= 0.3 is 6.03 Å². The minimum absolute atomic E-state index is 0.0608. The molecule has 4 aromatic rings. The van der Waals surface area contributed by atoms with Gasteiger partial charge in [0.1, 0.15) is 5.82 Å². The molecule has 178 valence electrons. The summed E-state index contributed by atoms with van der Waals surface area (Å²) in [6.45, 7) is 0.345. The molecule has 6 nitrogen and oxygen atoms in total. The largest absolute Gasteiger partial charge is 0.493 e. The van der Waals surface area contributed by atoms with Gasteiger partial charge in [0.15, 0.2) is 11.5 Å². The number of benzene rings is 3. The molecule has 8 heteroatoms. The molecule has 1 aliphatic heterocycles. The fourth-order valence-electron chi connectivity index (χ4n) is 4.48. The number of hydrogen-bond acceptors (Lipinski definition) is 3. The zero-order valence-electron chi connectivity index (χ0n) is 19.2. The van der Waals surface area contributed by atoms with Gasteiger partial charge in [0.2, 0.25) is 0 Å². The minimum atomic E-state index is -0.547. The zero-order chi connectivity index (χ0) is 24.5. The van der Waals surface area contributed by atoms with E-state index in [-0.39, 0.29) is 11.1 Å². The van der Waals surface area contributed by atoms with Gasteiger partial charge in [-0.25, -0.2) is 9.18 Å². The third-order valence-corrected chi connectivity index (χ3v) is 6.41. The van der Waals surface area contributed by atoms with Crippen LogP contribution in [-0.2, 0) is 6.54 Å². The summed E-state index contributed by atoms with van der Waals surface area (Å²) in [5, 5.41) is 2.82. The van der Waals surface area contributed by atoms with Gasteiger partial charge in [0, 0.05) is 17.6 Å². The second-order valence-corrected chi connectivity index (χ2v) is 8.54. The Morgan fingerprint density at radius 1 is 1.00 bits per heavy atom. The lowest BCUT2D eigenvalue weighted by Gasteiger charge is -2.31. The molecule has 2 amide bonds. The lowest BCUT2D eigenvalue weighted by Crippen LogP contribution is -2.38. The number of methoxy groups -OCH3 is 2. The van der Waals surface area contributed by atoms with Crippen LogP contribution in [0.5, 0.6) is 11.5 Å². The Morgan fingerprint density at radius 3 is 2.57 bits per heavy atom. The van der Waals surface area contributed by atoms with Crippen molar-refractivity contribution >= 4 is 23.3 Å². The maximum Gasteiger partial charge on any atom is 0.322 e. The van der Waals surface area contributed by atoms with E-state index >= 15 is 0 Å². The second-order valence-electron chi connectivity index (χ2n) is 8.14. The highest BCUT2D eigenvalue weighted by Crippen LogP contribution is 2.40. The van der Waals surface area contributed by atoms with Crippen molar-refractivity contribution in [3.05, 3.63) is 107 Å². The predicted molar refractivity (Wildman–Crippen MR) is 133 cm³/mol. The van der Waals surface area contributed by atoms with Gasteiger partial charge in [-0.2, -0.15) is 0 Å². The van der Waals surface area contributed by atoms with E-state index in [2.05, 4.69) is 9.88 Å². The topological polar surface area (TPSA) is 55.7 Å². The van der Waals surface area contributed by atoms with Crippen molar-refractivity contribution in [3.63, 3.8) is 0 Å². The van der Waals surface area contributed by atoms with Crippen LogP contribution in [0.1, 0.15) is 22.9 Å². The van der Waals surface area contributed by atoms with Crippen molar-refractivity contribution in [1.82, 2.24) is 9.47 Å². The number of amides is 2. The fourth-order valence-corrected chi connectivity index (χ4v) is 4.66. The number of carbonyl (C=O) groups excluding carboxylic acids is 1. The molecule has 0 bridgehead atoms. The lowest BCUT2D eigenvalue weighted by atomic mass is 10.0. The predicted octanol–water partition coefficient (Wildman–Crippen LogP) is 6.42. The molecule has 0 aliphatic carbocycles. The Morgan fingerprint density at radius 2 is 1.80 bits per heavy atom. The van der Waals surface area contributed by atoms with Crippen LogP contribution in [0, 0.1) is 5.82 Å². The van der Waals surface area contributed by atoms with E-state index < -0.39 is 11.9 Å². The van der Waals surface area contributed by atoms with Crippen LogP contribution in [-0.4, -0.2) is 29.7 Å². The SMILES string of the molecule is COc1ccc([C@@H]2c3cccn3-c3ccccc3CN2C(=O)Nc2ccc(F)c(Cl)c2)cc1OC. The number of para-hydroxylation sites is 1. The number of hydrogen-bond donors (Lipinski definition) is 1. The monoisotopic (exact) mass is 491 g/mol. The Hall–Kier alpha value is -3.97. The van der Waals surface area contributed by atoms with Gasteiger partial charge in [-0.3, -0.25) is 0 Å². The number of nitrogens with one attached hydrogen (secondary N) is 1. The van der Waals surface area contributed by atoms with E-state index in [0.29, 0.717) is 23.7 Å². The number of aromatic nitrogens is 1. The van der Waals surface area contributed by atoms with E-state index in [4.69, 9.17) is 21.1 Å². The highest BCUT2D eigenvalue weighted by Gasteiger charge is 2.33. The number of halogens is 2. The molecule has 5 rings (SSSR count). The quantitative estimate of drug-likeness (QED) is 0.358. The molecule has 1 aliphatic rings. The van der Waals surface area contributed by atoms with Crippen molar-refractivity contribution in [3.8, 4) is 17.2 Å². The highest BCUT2D eigenvalue weighted by atomic mass is 35.5. The number of nitrogens with zero attached hydrogens (tertiary/aromatic N) is 2. The average molecular weight is 492 g/mol. The van der Waals surface area contributed by atoms with Gasteiger partial charge in [-0.15, -0.1) is 0 Å². The van der Waals surface area contributed by atoms with Crippen molar-refractivity contribution in [2.24, 2.45) is 0 Å². The Kier molecular flexibility index (Phi) is 6.09. The maximum absolute atomic E-state index is 13.7. The molecule has 0 radical (unpaired) electrons. The number of rotatable bonds is 4. The molecule has 35 heavy (non-hydrogen) atoms. The third kappa shape index (κ3) is 4.19. The first-order chi connectivity index (χ1) is 17.0. The van der Waals surface area contributed by atoms with Gasteiger partial charge in [0.25, 0.3) is 0 Å². The van der Waals surface area contributed by atoms with Crippen molar-refractivity contribution in [2.45, 2.75) is 12.6 Å². The molecule has 0 unspecified atom stereocenters. The molecular weight excluding hydrogens is 469 g/mol. The van der Waals surface area contributed by atoms with Crippen LogP contribution in [0.4, 0.5) is 14.9 Å². The number of fused-ring (bicyclic) bond motifs is 3. The van der Waals surface area contributed by atoms with Crippen molar-refractivity contribution in [2.75, 3.05) is 19.5 Å². The first-order valence-corrected chi connectivity index (χ1v) is 11.4. The van der Waals surface area contributed by atoms with Crippen LogP contribution in [0.25, 0.3) is 5.69 Å². The molecule has 1 atom stereocenters. The standard InChI is InChI=1S/C27H23ClFN3O3/c1-34-24-12-9-17(14-25(24)35-2)26-23-8-5-13-31(23)22-7-4-3-6-18(22)16-32(26)27(33)30-19-10-11-21(29)20(28)15-19/h3-15,26H,16H2,1-2H3,(H,30,33)/t26-/m1/s1. The molecule has 0 spiro atoms. The van der Waals surface area contributed by atoms with Crippen molar-refractivity contribution < 1.29 is 18.7 Å². The van der Waals surface area contributed by atoms with E-state index in [0.717, 1.165) is 22.5 Å². The first-order valence-electron chi connectivity index (χ1n) is 11.0. The lowest BCUT2D eigenvalue weighted by molar-refractivity contribution is 0.194. The smallest absolute Gasteiger partial charge is 0.322 e. The third-order valence-electron chi connectivity index (χ3n) is 6.12. The van der Waals surface area contributed by atoms with E-state index in [9.17, 15) is 9.18 Å². The van der Waals surface area contributed by atoms with E-state index in [1.807, 2.05) is 60.8 Å². The average Bonchev–Trinajstić information content (AvgIpc) is 3.30. The minimum Gasteiger partial charge on any atom is -0.493 e. The molecular formula is C27H23ClFN3O3. The summed E-state index contributed by atoms with van der Waals surface area (Å²) in [6.07, 6.45) is 1.99. The van der Waals surface area contributed by atoms with E-state index in [1.54, 1.807) is 19.1 Å². The molecule has 1 N–H and O–H groups in total. The summed E-state index contributed by atoms with van der Waals surface area (Å²) in [7, 11) is 3.16. The maximum atomic E-state index is 13.7. The number of urea groups is 1. The summed E-state index contributed by atoms with van der Waals surface area (Å²) >= 11 is 5.95. The summed E-state index contributed by atoms with van der Waals surface area (Å²) in [5.41, 5.74) is 4.15. The normalized spacial score (nSPS) is 14.5.